The second-order valence-corrected chi connectivity index (χ2v) is 10.9. The van der Waals surface area contributed by atoms with Crippen molar-refractivity contribution in [2.75, 3.05) is 16.8 Å². The first kappa shape index (κ1) is 25.4. The normalized spacial score (nSPS) is 13.5. The SMILES string of the molecule is CCOc1ccc(NC(=O)[C@@H](C)Sc2nc3ccc(N4C(=O)c5cccc([N+](=O)[O-])c5C4=O)cc3s2)cc1. The van der Waals surface area contributed by atoms with Crippen molar-refractivity contribution in [2.45, 2.75) is 23.4 Å². The number of carbonyl (C=O) groups excluding carboxylic acids is 3. The van der Waals surface area contributed by atoms with Crippen molar-refractivity contribution in [3.05, 3.63) is 81.9 Å². The largest absolute Gasteiger partial charge is 0.494 e. The molecule has 0 saturated carbocycles. The van der Waals surface area contributed by atoms with Crippen molar-refractivity contribution >= 4 is 68.1 Å². The number of nitrogens with zero attached hydrogens (tertiary/aromatic N) is 3. The van der Waals surface area contributed by atoms with Gasteiger partial charge < -0.3 is 10.1 Å². The highest BCUT2D eigenvalue weighted by Gasteiger charge is 2.41. The van der Waals surface area contributed by atoms with Gasteiger partial charge in [0.25, 0.3) is 17.5 Å². The molecule has 0 spiro atoms. The number of fused-ring (bicyclic) bond motifs is 2. The van der Waals surface area contributed by atoms with Gasteiger partial charge in [0.15, 0.2) is 4.34 Å². The summed E-state index contributed by atoms with van der Waals surface area (Å²) in [6, 6.07) is 16.0. The van der Waals surface area contributed by atoms with E-state index in [2.05, 4.69) is 10.3 Å². The number of nitro groups is 1. The molecule has 12 heteroatoms. The summed E-state index contributed by atoms with van der Waals surface area (Å²) in [6.07, 6.45) is 0. The summed E-state index contributed by atoms with van der Waals surface area (Å²) in [7, 11) is 0. The Labute approximate surface area is 224 Å². The van der Waals surface area contributed by atoms with Crippen LogP contribution < -0.4 is 15.0 Å². The molecule has 3 amide bonds. The fourth-order valence-electron chi connectivity index (χ4n) is 3.99. The number of imide groups is 1. The molecule has 1 aliphatic heterocycles. The standard InChI is InChI=1S/C26H20N4O6S2/c1-3-36-17-10-7-15(8-11-17)27-23(31)14(2)37-26-28-19-12-9-16(13-21(19)38-26)29-24(32)18-5-4-6-20(30(34)35)22(18)25(29)33/h4-14H,3H2,1-2H3,(H,27,31)/t14-/m1/s1. The minimum atomic E-state index is -0.740. The summed E-state index contributed by atoms with van der Waals surface area (Å²) in [5.41, 5.74) is 0.967. The Kier molecular flexibility index (Phi) is 6.83. The van der Waals surface area contributed by atoms with Gasteiger partial charge in [-0.05, 0) is 62.4 Å². The fourth-order valence-corrected chi connectivity index (χ4v) is 6.23. The van der Waals surface area contributed by atoms with Gasteiger partial charge in [-0.25, -0.2) is 9.88 Å². The summed E-state index contributed by atoms with van der Waals surface area (Å²) in [5.74, 6) is -0.824. The zero-order chi connectivity index (χ0) is 27.0. The van der Waals surface area contributed by atoms with E-state index in [1.165, 1.54) is 41.3 Å². The minimum Gasteiger partial charge on any atom is -0.494 e. The minimum absolute atomic E-state index is 0.00258. The topological polar surface area (TPSA) is 132 Å². The van der Waals surface area contributed by atoms with Crippen molar-refractivity contribution in [3.8, 4) is 5.75 Å². The van der Waals surface area contributed by atoms with E-state index in [4.69, 9.17) is 4.74 Å². The number of ether oxygens (including phenoxy) is 1. The molecule has 10 nitrogen and oxygen atoms in total. The number of thiazole rings is 1. The maximum Gasteiger partial charge on any atom is 0.283 e. The van der Waals surface area contributed by atoms with Crippen molar-refractivity contribution < 1.29 is 24.0 Å². The maximum atomic E-state index is 13.0. The van der Waals surface area contributed by atoms with Crippen LogP contribution in [-0.2, 0) is 4.79 Å². The molecule has 2 heterocycles. The molecule has 38 heavy (non-hydrogen) atoms. The van der Waals surface area contributed by atoms with E-state index in [1.54, 1.807) is 49.4 Å². The quantitative estimate of drug-likeness (QED) is 0.132. The second-order valence-electron chi connectivity index (χ2n) is 8.24. The van der Waals surface area contributed by atoms with E-state index < -0.39 is 27.7 Å². The number of amides is 3. The van der Waals surface area contributed by atoms with Crippen LogP contribution in [0.25, 0.3) is 10.2 Å². The third kappa shape index (κ3) is 4.71. The first-order chi connectivity index (χ1) is 18.3. The number of hydrogen-bond acceptors (Lipinski definition) is 9. The van der Waals surface area contributed by atoms with Crippen LogP contribution in [0.4, 0.5) is 17.1 Å². The van der Waals surface area contributed by atoms with Gasteiger partial charge in [0, 0.05) is 11.8 Å². The van der Waals surface area contributed by atoms with Crippen LogP contribution in [0.2, 0.25) is 0 Å². The van der Waals surface area contributed by atoms with Crippen LogP contribution in [0, 0.1) is 10.1 Å². The Morgan fingerprint density at radius 2 is 1.92 bits per heavy atom. The molecule has 192 valence electrons. The fraction of sp³-hybridized carbons (Fsp3) is 0.154. The van der Waals surface area contributed by atoms with Crippen molar-refractivity contribution in [3.63, 3.8) is 0 Å². The Balaban J connectivity index is 1.32. The molecule has 0 bridgehead atoms. The first-order valence-electron chi connectivity index (χ1n) is 11.5. The molecule has 1 aromatic heterocycles. The van der Waals surface area contributed by atoms with Gasteiger partial charge in [0.2, 0.25) is 5.91 Å². The molecule has 0 saturated heterocycles. The van der Waals surface area contributed by atoms with E-state index in [0.717, 1.165) is 10.6 Å². The summed E-state index contributed by atoms with van der Waals surface area (Å²) >= 11 is 2.61. The average molecular weight is 549 g/mol. The van der Waals surface area contributed by atoms with Crippen LogP contribution in [-0.4, -0.2) is 39.5 Å². The summed E-state index contributed by atoms with van der Waals surface area (Å²) < 4.78 is 6.76. The molecular formula is C26H20N4O6S2. The van der Waals surface area contributed by atoms with Crippen LogP contribution >= 0.6 is 23.1 Å². The van der Waals surface area contributed by atoms with Gasteiger partial charge >= 0.3 is 0 Å². The molecule has 5 rings (SSSR count). The number of hydrogen-bond donors (Lipinski definition) is 1. The number of thioether (sulfide) groups is 1. The predicted octanol–water partition coefficient (Wildman–Crippen LogP) is 5.52. The number of benzene rings is 3. The van der Waals surface area contributed by atoms with Gasteiger partial charge in [0.05, 0.1) is 38.2 Å². The summed E-state index contributed by atoms with van der Waals surface area (Å²) in [6.45, 7) is 4.23. The molecule has 1 atom stereocenters. The monoisotopic (exact) mass is 548 g/mol. The molecule has 0 radical (unpaired) electrons. The number of carbonyl (C=O) groups is 3. The molecule has 0 aliphatic carbocycles. The highest BCUT2D eigenvalue weighted by Crippen LogP contribution is 2.38. The summed E-state index contributed by atoms with van der Waals surface area (Å²) in [4.78, 5) is 54.9. The molecular weight excluding hydrogens is 528 g/mol. The Bertz CT molecular complexity index is 1600. The summed E-state index contributed by atoms with van der Waals surface area (Å²) in [5, 5.41) is 13.8. The Hall–Kier alpha value is -4.29. The number of aromatic nitrogens is 1. The molecule has 3 aromatic carbocycles. The zero-order valence-electron chi connectivity index (χ0n) is 20.2. The van der Waals surface area contributed by atoms with Crippen molar-refractivity contribution in [1.82, 2.24) is 4.98 Å². The van der Waals surface area contributed by atoms with Gasteiger partial charge in [-0.15, -0.1) is 11.3 Å². The van der Waals surface area contributed by atoms with E-state index in [0.29, 0.717) is 32.5 Å². The van der Waals surface area contributed by atoms with Crippen LogP contribution in [0.1, 0.15) is 34.6 Å². The lowest BCUT2D eigenvalue weighted by atomic mass is 10.1. The van der Waals surface area contributed by atoms with E-state index in [-0.39, 0.29) is 17.0 Å². The number of nitrogens with one attached hydrogen (secondary N) is 1. The van der Waals surface area contributed by atoms with E-state index in [9.17, 15) is 24.5 Å². The number of anilines is 2. The van der Waals surface area contributed by atoms with Gasteiger partial charge in [0.1, 0.15) is 11.3 Å². The Morgan fingerprint density at radius 3 is 2.63 bits per heavy atom. The van der Waals surface area contributed by atoms with Crippen molar-refractivity contribution in [1.29, 1.82) is 0 Å². The van der Waals surface area contributed by atoms with E-state index in [1.807, 2.05) is 6.92 Å². The Morgan fingerprint density at radius 1 is 1.16 bits per heavy atom. The zero-order valence-corrected chi connectivity index (χ0v) is 21.8. The lowest BCUT2D eigenvalue weighted by molar-refractivity contribution is -0.385. The molecule has 0 unspecified atom stereocenters. The van der Waals surface area contributed by atoms with Crippen molar-refractivity contribution in [2.24, 2.45) is 0 Å². The van der Waals surface area contributed by atoms with Crippen LogP contribution in [0.3, 0.4) is 0 Å². The lowest BCUT2D eigenvalue weighted by Crippen LogP contribution is -2.29. The van der Waals surface area contributed by atoms with Gasteiger partial charge in [-0.1, -0.05) is 17.8 Å². The third-order valence-corrected chi connectivity index (χ3v) is 7.99. The van der Waals surface area contributed by atoms with Gasteiger partial charge in [-0.3, -0.25) is 24.5 Å². The lowest BCUT2D eigenvalue weighted by Gasteiger charge is -2.13. The molecule has 4 aromatic rings. The smallest absolute Gasteiger partial charge is 0.283 e. The maximum absolute atomic E-state index is 13.0. The van der Waals surface area contributed by atoms with Crippen LogP contribution in [0.5, 0.6) is 5.75 Å². The van der Waals surface area contributed by atoms with Crippen LogP contribution in [0.15, 0.2) is 65.0 Å². The second kappa shape index (κ2) is 10.2. The third-order valence-electron chi connectivity index (χ3n) is 5.78. The number of rotatable bonds is 8. The highest BCUT2D eigenvalue weighted by molar-refractivity contribution is 8.02. The highest BCUT2D eigenvalue weighted by atomic mass is 32.2. The molecule has 0 fully saturated rings. The van der Waals surface area contributed by atoms with Gasteiger partial charge in [-0.2, -0.15) is 0 Å². The average Bonchev–Trinajstić information content (AvgIpc) is 3.41. The predicted molar refractivity (Wildman–Crippen MR) is 145 cm³/mol. The number of nitro benzene ring substituents is 1. The van der Waals surface area contributed by atoms with E-state index >= 15 is 0 Å². The first-order valence-corrected chi connectivity index (χ1v) is 13.2. The molecule has 1 N–H and O–H groups in total. The molecule has 1 aliphatic rings.